The highest BCUT2D eigenvalue weighted by Gasteiger charge is 2.27. The molecule has 0 amide bonds. The van der Waals surface area contributed by atoms with Crippen molar-refractivity contribution in [3.05, 3.63) is 99.0 Å². The van der Waals surface area contributed by atoms with Crippen LogP contribution in [0.3, 0.4) is 0 Å². The van der Waals surface area contributed by atoms with Crippen LogP contribution in [0.5, 0.6) is 0 Å². The minimum atomic E-state index is -1.01. The van der Waals surface area contributed by atoms with Gasteiger partial charge in [0.15, 0.2) is 0 Å². The number of aromatic carboxylic acids is 1. The second-order valence-electron chi connectivity index (χ2n) is 10.4. The number of rotatable bonds is 6. The molecule has 1 unspecified atom stereocenters. The molecule has 2 aromatic heterocycles. The van der Waals surface area contributed by atoms with Gasteiger partial charge in [0.25, 0.3) is 5.56 Å². The fraction of sp³-hybridized carbons (Fsp3) is 0.290. The number of aryl methyl sites for hydroxylation is 1. The zero-order valence-corrected chi connectivity index (χ0v) is 23.0. The molecule has 2 atom stereocenters. The highest BCUT2D eigenvalue weighted by Crippen LogP contribution is 2.29. The SMILES string of the molecule is Cc1cc(C(C)Nc2ccccc2C(=O)O)c2nc(N3CCN(c4ccc(C#N)cc4)[C@@H](C)C3)c(C)c(=O)n2c1. The van der Waals surface area contributed by atoms with Crippen molar-refractivity contribution in [1.82, 2.24) is 9.38 Å². The summed E-state index contributed by atoms with van der Waals surface area (Å²) in [6.45, 7) is 9.96. The first-order chi connectivity index (χ1) is 19.2. The summed E-state index contributed by atoms with van der Waals surface area (Å²) in [5, 5.41) is 22.1. The summed E-state index contributed by atoms with van der Waals surface area (Å²) >= 11 is 0. The highest BCUT2D eigenvalue weighted by atomic mass is 16.4. The van der Waals surface area contributed by atoms with Crippen molar-refractivity contribution in [3.8, 4) is 6.07 Å². The maximum atomic E-state index is 13.6. The third kappa shape index (κ3) is 4.96. The fourth-order valence-corrected chi connectivity index (χ4v) is 5.48. The molecule has 3 heterocycles. The molecular formula is C31H32N6O3. The van der Waals surface area contributed by atoms with E-state index in [1.54, 1.807) is 34.9 Å². The van der Waals surface area contributed by atoms with E-state index in [0.717, 1.165) is 23.4 Å². The molecule has 0 radical (unpaired) electrons. The van der Waals surface area contributed by atoms with Crippen molar-refractivity contribution in [1.29, 1.82) is 5.26 Å². The lowest BCUT2D eigenvalue weighted by Gasteiger charge is -2.42. The third-order valence-electron chi connectivity index (χ3n) is 7.54. The number of hydrogen-bond donors (Lipinski definition) is 2. The van der Waals surface area contributed by atoms with Crippen molar-refractivity contribution in [2.75, 3.05) is 34.8 Å². The normalized spacial score (nSPS) is 16.0. The molecule has 1 fully saturated rings. The quantitative estimate of drug-likeness (QED) is 0.362. The molecule has 2 N–H and O–H groups in total. The number of pyridine rings is 1. The first kappa shape index (κ1) is 26.8. The topological polar surface area (TPSA) is 114 Å². The number of aromatic nitrogens is 2. The Morgan fingerprint density at radius 2 is 1.88 bits per heavy atom. The number of para-hydroxylation sites is 1. The molecule has 1 saturated heterocycles. The van der Waals surface area contributed by atoms with E-state index in [1.807, 2.05) is 51.1 Å². The number of fused-ring (bicyclic) bond motifs is 1. The number of carbonyl (C=O) groups is 1. The molecule has 9 nitrogen and oxygen atoms in total. The van der Waals surface area contributed by atoms with Crippen molar-refractivity contribution in [3.63, 3.8) is 0 Å². The van der Waals surface area contributed by atoms with Gasteiger partial charge in [-0.25, -0.2) is 9.78 Å². The lowest BCUT2D eigenvalue weighted by molar-refractivity contribution is 0.0698. The third-order valence-corrected chi connectivity index (χ3v) is 7.54. The van der Waals surface area contributed by atoms with Crippen LogP contribution in [0.4, 0.5) is 17.2 Å². The molecular weight excluding hydrogens is 504 g/mol. The Labute approximate surface area is 232 Å². The van der Waals surface area contributed by atoms with Crippen molar-refractivity contribution in [2.24, 2.45) is 0 Å². The molecule has 1 aliphatic heterocycles. The minimum absolute atomic E-state index is 0.120. The molecule has 1 aliphatic rings. The Balaban J connectivity index is 1.49. The van der Waals surface area contributed by atoms with E-state index in [9.17, 15) is 14.7 Å². The Hall–Kier alpha value is -4.84. The Kier molecular flexibility index (Phi) is 7.18. The van der Waals surface area contributed by atoms with Crippen LogP contribution >= 0.6 is 0 Å². The molecule has 0 saturated carbocycles. The summed E-state index contributed by atoms with van der Waals surface area (Å²) < 4.78 is 1.60. The highest BCUT2D eigenvalue weighted by molar-refractivity contribution is 5.94. The summed E-state index contributed by atoms with van der Waals surface area (Å²) in [6.07, 6.45) is 1.80. The summed E-state index contributed by atoms with van der Waals surface area (Å²) in [4.78, 5) is 34.9. The van der Waals surface area contributed by atoms with Crippen LogP contribution < -0.4 is 20.7 Å². The summed E-state index contributed by atoms with van der Waals surface area (Å²) in [5.41, 5.74) is 5.11. The number of carboxylic acids is 1. The van der Waals surface area contributed by atoms with Crippen LogP contribution in [-0.2, 0) is 0 Å². The Morgan fingerprint density at radius 1 is 1.15 bits per heavy atom. The van der Waals surface area contributed by atoms with Gasteiger partial charge in [-0.1, -0.05) is 12.1 Å². The van der Waals surface area contributed by atoms with E-state index in [0.29, 0.717) is 41.4 Å². The van der Waals surface area contributed by atoms with Gasteiger partial charge in [-0.05, 0) is 75.7 Å². The summed E-state index contributed by atoms with van der Waals surface area (Å²) in [5.74, 6) is -0.342. The van der Waals surface area contributed by atoms with Gasteiger partial charge in [0.05, 0.1) is 28.8 Å². The molecule has 0 aliphatic carbocycles. The predicted octanol–water partition coefficient (Wildman–Crippen LogP) is 4.77. The number of nitrogens with zero attached hydrogens (tertiary/aromatic N) is 5. The van der Waals surface area contributed by atoms with E-state index in [2.05, 4.69) is 28.1 Å². The lowest BCUT2D eigenvalue weighted by Crippen LogP contribution is -2.53. The first-order valence-electron chi connectivity index (χ1n) is 13.3. The predicted molar refractivity (Wildman–Crippen MR) is 157 cm³/mol. The number of anilines is 3. The zero-order chi connectivity index (χ0) is 28.6. The standard InChI is InChI=1S/C31H32N6O3/c1-19-15-26(22(4)33-27-8-6-5-7-25(27)31(39)40)29-34-28(21(3)30(38)37(29)17-19)35-13-14-36(20(2)18-35)24-11-9-23(16-32)10-12-24/h5-12,15,17,20,22,33H,13-14,18H2,1-4H3,(H,39,40)/t20-,22?/m0/s1. The van der Waals surface area contributed by atoms with E-state index >= 15 is 0 Å². The number of carboxylic acid groups (broad SMARTS) is 1. The average Bonchev–Trinajstić information content (AvgIpc) is 2.95. The molecule has 204 valence electrons. The first-order valence-corrected chi connectivity index (χ1v) is 13.3. The van der Waals surface area contributed by atoms with Crippen LogP contribution in [0, 0.1) is 25.2 Å². The van der Waals surface area contributed by atoms with Crippen LogP contribution in [-0.4, -0.2) is 46.1 Å². The van der Waals surface area contributed by atoms with Gasteiger partial charge in [-0.2, -0.15) is 5.26 Å². The molecule has 0 bridgehead atoms. The largest absolute Gasteiger partial charge is 0.478 e. The van der Waals surface area contributed by atoms with E-state index in [1.165, 1.54) is 0 Å². The number of piperazine rings is 1. The molecule has 2 aromatic carbocycles. The summed E-state index contributed by atoms with van der Waals surface area (Å²) in [7, 11) is 0. The van der Waals surface area contributed by atoms with Crippen LogP contribution in [0.1, 0.15) is 52.5 Å². The zero-order valence-electron chi connectivity index (χ0n) is 23.0. The van der Waals surface area contributed by atoms with Gasteiger partial charge in [-0.3, -0.25) is 9.20 Å². The minimum Gasteiger partial charge on any atom is -0.478 e. The summed E-state index contributed by atoms with van der Waals surface area (Å²) in [6, 6.07) is 18.4. The van der Waals surface area contributed by atoms with Crippen LogP contribution in [0.2, 0.25) is 0 Å². The Morgan fingerprint density at radius 3 is 2.55 bits per heavy atom. The van der Waals surface area contributed by atoms with Gasteiger partial charge in [-0.15, -0.1) is 0 Å². The fourth-order valence-electron chi connectivity index (χ4n) is 5.48. The van der Waals surface area contributed by atoms with Crippen LogP contribution in [0.25, 0.3) is 5.65 Å². The molecule has 0 spiro atoms. The van der Waals surface area contributed by atoms with Gasteiger partial charge in [0.2, 0.25) is 0 Å². The molecule has 40 heavy (non-hydrogen) atoms. The number of nitriles is 1. The van der Waals surface area contributed by atoms with E-state index in [4.69, 9.17) is 10.2 Å². The number of benzene rings is 2. The van der Waals surface area contributed by atoms with Crippen molar-refractivity contribution < 1.29 is 9.90 Å². The Bertz CT molecular complexity index is 1690. The van der Waals surface area contributed by atoms with Gasteiger partial charge >= 0.3 is 5.97 Å². The van der Waals surface area contributed by atoms with Crippen molar-refractivity contribution in [2.45, 2.75) is 39.8 Å². The van der Waals surface area contributed by atoms with Crippen LogP contribution in [0.15, 0.2) is 65.6 Å². The molecule has 9 heteroatoms. The lowest BCUT2D eigenvalue weighted by atomic mass is 10.1. The number of hydrogen-bond acceptors (Lipinski definition) is 7. The van der Waals surface area contributed by atoms with Gasteiger partial charge in [0, 0.05) is 48.8 Å². The van der Waals surface area contributed by atoms with E-state index in [-0.39, 0.29) is 23.2 Å². The second kappa shape index (κ2) is 10.7. The van der Waals surface area contributed by atoms with Gasteiger partial charge < -0.3 is 20.2 Å². The smallest absolute Gasteiger partial charge is 0.337 e. The van der Waals surface area contributed by atoms with E-state index < -0.39 is 5.97 Å². The molecule has 4 aromatic rings. The van der Waals surface area contributed by atoms with Gasteiger partial charge in [0.1, 0.15) is 11.5 Å². The average molecular weight is 537 g/mol. The molecule has 5 rings (SSSR count). The number of nitrogens with one attached hydrogen (secondary N) is 1. The maximum Gasteiger partial charge on any atom is 0.337 e. The maximum absolute atomic E-state index is 13.6. The monoisotopic (exact) mass is 536 g/mol. The van der Waals surface area contributed by atoms with Crippen molar-refractivity contribution >= 4 is 28.8 Å². The second-order valence-corrected chi connectivity index (χ2v) is 10.4.